The van der Waals surface area contributed by atoms with E-state index in [0.717, 1.165) is 55.9 Å². The third-order valence-electron chi connectivity index (χ3n) is 6.42. The molecule has 4 aromatic rings. The molecule has 0 fully saturated rings. The maximum Gasteiger partial charge on any atom is 0.121 e. The van der Waals surface area contributed by atoms with Crippen LogP contribution in [0.2, 0.25) is 0 Å². The fourth-order valence-corrected chi connectivity index (χ4v) is 4.81. The Morgan fingerprint density at radius 1 is 1.03 bits per heavy atom. The third kappa shape index (κ3) is 5.05. The van der Waals surface area contributed by atoms with Gasteiger partial charge in [0.05, 0.1) is 29.3 Å². The van der Waals surface area contributed by atoms with Crippen molar-refractivity contribution in [3.8, 4) is 0 Å². The summed E-state index contributed by atoms with van der Waals surface area (Å²) in [5.74, 6) is 1.00. The zero-order valence-electron chi connectivity index (χ0n) is 19.0. The number of pyridine rings is 1. The molecule has 5 rings (SSSR count). The first-order chi connectivity index (χ1) is 16.3. The maximum atomic E-state index is 4.87. The number of benzene rings is 2. The number of H-pyrrole nitrogens is 1. The summed E-state index contributed by atoms with van der Waals surface area (Å²) in [5, 5.41) is 3.37. The fraction of sp³-hybridized carbons (Fsp3) is 0.286. The number of fused-ring (bicyclic) bond motifs is 2. The zero-order valence-corrected chi connectivity index (χ0v) is 19.0. The zero-order chi connectivity index (χ0) is 22.5. The van der Waals surface area contributed by atoms with Gasteiger partial charge in [0, 0.05) is 25.8 Å². The minimum atomic E-state index is 0.289. The summed E-state index contributed by atoms with van der Waals surface area (Å²) in [6, 6.07) is 21.8. The van der Waals surface area contributed by atoms with E-state index >= 15 is 0 Å². The highest BCUT2D eigenvalue weighted by Crippen LogP contribution is 2.34. The molecule has 1 atom stereocenters. The highest BCUT2D eigenvalue weighted by Gasteiger charge is 2.28. The number of aromatic nitrogens is 3. The van der Waals surface area contributed by atoms with E-state index in [4.69, 9.17) is 9.97 Å². The van der Waals surface area contributed by atoms with E-state index < -0.39 is 0 Å². The number of rotatable bonds is 9. The van der Waals surface area contributed by atoms with Gasteiger partial charge in [-0.3, -0.25) is 9.88 Å². The SMILES string of the molecule is C=CCNCc1ccc(CN(Cc2nc3ccccc3[nH]2)C2CCCc3cccnc32)cc1. The van der Waals surface area contributed by atoms with Crippen molar-refractivity contribution in [1.29, 1.82) is 0 Å². The molecule has 0 saturated carbocycles. The topological polar surface area (TPSA) is 56.8 Å². The fourth-order valence-electron chi connectivity index (χ4n) is 4.81. The van der Waals surface area contributed by atoms with Crippen molar-refractivity contribution in [2.24, 2.45) is 0 Å². The molecule has 0 amide bonds. The van der Waals surface area contributed by atoms with Gasteiger partial charge in [-0.05, 0) is 54.2 Å². The minimum Gasteiger partial charge on any atom is -0.341 e. The number of para-hydroxylation sites is 2. The van der Waals surface area contributed by atoms with Gasteiger partial charge in [0.15, 0.2) is 0 Å². The van der Waals surface area contributed by atoms with Crippen molar-refractivity contribution in [1.82, 2.24) is 25.2 Å². The molecule has 2 heterocycles. The number of hydrogen-bond donors (Lipinski definition) is 2. The molecule has 0 bridgehead atoms. The molecular formula is C28H31N5. The lowest BCUT2D eigenvalue weighted by molar-refractivity contribution is 0.153. The Labute approximate surface area is 195 Å². The van der Waals surface area contributed by atoms with Crippen molar-refractivity contribution in [2.45, 2.75) is 44.9 Å². The summed E-state index contributed by atoms with van der Waals surface area (Å²) in [4.78, 5) is 15.7. The Bertz CT molecular complexity index is 1180. The van der Waals surface area contributed by atoms with Gasteiger partial charge < -0.3 is 10.3 Å². The lowest BCUT2D eigenvalue weighted by atomic mass is 9.90. The molecule has 2 aromatic heterocycles. The Morgan fingerprint density at radius 2 is 1.88 bits per heavy atom. The molecule has 5 nitrogen and oxygen atoms in total. The summed E-state index contributed by atoms with van der Waals surface area (Å²) >= 11 is 0. The van der Waals surface area contributed by atoms with E-state index in [0.29, 0.717) is 0 Å². The molecule has 33 heavy (non-hydrogen) atoms. The van der Waals surface area contributed by atoms with Gasteiger partial charge in [0.1, 0.15) is 5.82 Å². The van der Waals surface area contributed by atoms with E-state index in [9.17, 15) is 0 Å². The number of aromatic amines is 1. The summed E-state index contributed by atoms with van der Waals surface area (Å²) < 4.78 is 0. The van der Waals surface area contributed by atoms with Crippen LogP contribution in [0.15, 0.2) is 79.5 Å². The Hall–Kier alpha value is -3.28. The molecule has 2 N–H and O–H groups in total. The number of nitrogens with zero attached hydrogens (tertiary/aromatic N) is 3. The number of hydrogen-bond acceptors (Lipinski definition) is 4. The van der Waals surface area contributed by atoms with Crippen LogP contribution in [-0.2, 0) is 26.1 Å². The molecule has 1 aliphatic carbocycles. The third-order valence-corrected chi connectivity index (χ3v) is 6.42. The summed E-state index contributed by atoms with van der Waals surface area (Å²) in [6.45, 7) is 7.06. The van der Waals surface area contributed by atoms with Gasteiger partial charge >= 0.3 is 0 Å². The van der Waals surface area contributed by atoms with Crippen LogP contribution >= 0.6 is 0 Å². The Kier molecular flexibility index (Phi) is 6.61. The summed E-state index contributed by atoms with van der Waals surface area (Å²) in [5.41, 5.74) is 7.31. The first-order valence-corrected chi connectivity index (χ1v) is 11.8. The number of imidazole rings is 1. The van der Waals surface area contributed by atoms with Gasteiger partial charge in [-0.1, -0.05) is 48.5 Å². The van der Waals surface area contributed by atoms with Crippen LogP contribution in [0.3, 0.4) is 0 Å². The quantitative estimate of drug-likeness (QED) is 0.275. The van der Waals surface area contributed by atoms with Crippen LogP contribution < -0.4 is 5.32 Å². The molecule has 0 radical (unpaired) electrons. The van der Waals surface area contributed by atoms with Crippen molar-refractivity contribution in [3.63, 3.8) is 0 Å². The van der Waals surface area contributed by atoms with Crippen LogP contribution in [0.5, 0.6) is 0 Å². The molecule has 1 unspecified atom stereocenters. The lowest BCUT2D eigenvalue weighted by Gasteiger charge is -2.34. The van der Waals surface area contributed by atoms with Gasteiger partial charge in [-0.2, -0.15) is 0 Å². The second-order valence-corrected chi connectivity index (χ2v) is 8.80. The summed E-state index contributed by atoms with van der Waals surface area (Å²) in [7, 11) is 0. The van der Waals surface area contributed by atoms with Crippen molar-refractivity contribution in [3.05, 3.63) is 108 Å². The van der Waals surface area contributed by atoms with E-state index in [2.05, 4.69) is 76.4 Å². The van der Waals surface area contributed by atoms with Crippen LogP contribution in [0, 0.1) is 0 Å². The number of aryl methyl sites for hydroxylation is 1. The first kappa shape index (κ1) is 21.6. The standard InChI is InChI=1S/C28H31N5/c1-2-16-29-18-21-12-14-22(15-13-21)19-33(20-27-31-24-9-3-4-10-25(24)32-27)26-11-5-7-23-8-6-17-30-28(23)26/h2-4,6,8-10,12-15,17,26,29H,1,5,7,11,16,18-20H2,(H,31,32). The molecule has 0 saturated heterocycles. The van der Waals surface area contributed by atoms with Gasteiger partial charge in [-0.25, -0.2) is 4.98 Å². The van der Waals surface area contributed by atoms with Crippen molar-refractivity contribution >= 4 is 11.0 Å². The second kappa shape index (κ2) is 10.1. The van der Waals surface area contributed by atoms with Crippen LogP contribution in [0.25, 0.3) is 11.0 Å². The lowest BCUT2D eigenvalue weighted by Crippen LogP contribution is -2.31. The average Bonchev–Trinajstić information content (AvgIpc) is 3.27. The van der Waals surface area contributed by atoms with Gasteiger partial charge in [0.25, 0.3) is 0 Å². The molecule has 168 valence electrons. The van der Waals surface area contributed by atoms with Crippen LogP contribution in [-0.4, -0.2) is 26.4 Å². The van der Waals surface area contributed by atoms with E-state index in [1.165, 1.54) is 28.8 Å². The molecule has 5 heteroatoms. The normalized spacial score (nSPS) is 15.6. The van der Waals surface area contributed by atoms with Gasteiger partial charge in [-0.15, -0.1) is 6.58 Å². The molecular weight excluding hydrogens is 406 g/mol. The monoisotopic (exact) mass is 437 g/mol. The Balaban J connectivity index is 1.41. The summed E-state index contributed by atoms with van der Waals surface area (Å²) in [6.07, 6.45) is 7.24. The van der Waals surface area contributed by atoms with E-state index in [1.807, 2.05) is 18.3 Å². The first-order valence-electron chi connectivity index (χ1n) is 11.8. The highest BCUT2D eigenvalue weighted by atomic mass is 15.2. The van der Waals surface area contributed by atoms with Gasteiger partial charge in [0.2, 0.25) is 0 Å². The van der Waals surface area contributed by atoms with Crippen molar-refractivity contribution < 1.29 is 0 Å². The number of nitrogens with one attached hydrogen (secondary N) is 2. The largest absolute Gasteiger partial charge is 0.341 e. The molecule has 1 aliphatic rings. The van der Waals surface area contributed by atoms with Crippen molar-refractivity contribution in [2.75, 3.05) is 6.54 Å². The molecule has 2 aromatic carbocycles. The highest BCUT2D eigenvalue weighted by molar-refractivity contribution is 5.74. The van der Waals surface area contributed by atoms with Crippen LogP contribution in [0.1, 0.15) is 47.1 Å². The average molecular weight is 438 g/mol. The van der Waals surface area contributed by atoms with E-state index in [1.54, 1.807) is 0 Å². The molecule has 0 spiro atoms. The smallest absolute Gasteiger partial charge is 0.121 e. The predicted molar refractivity (Wildman–Crippen MR) is 134 cm³/mol. The predicted octanol–water partition coefficient (Wildman–Crippen LogP) is 5.31. The maximum absolute atomic E-state index is 4.87. The molecule has 0 aliphatic heterocycles. The Morgan fingerprint density at radius 3 is 2.73 bits per heavy atom. The second-order valence-electron chi connectivity index (χ2n) is 8.80. The van der Waals surface area contributed by atoms with E-state index in [-0.39, 0.29) is 6.04 Å². The minimum absolute atomic E-state index is 0.289. The van der Waals surface area contributed by atoms with Crippen LogP contribution in [0.4, 0.5) is 0 Å².